The molecule has 0 amide bonds. The van der Waals surface area contributed by atoms with Crippen LogP contribution in [0, 0.1) is 18.3 Å². The number of aryl methyl sites for hydroxylation is 1. The number of aromatic nitrogens is 3. The van der Waals surface area contributed by atoms with Crippen molar-refractivity contribution >= 4 is 23.1 Å². The fourth-order valence-electron chi connectivity index (χ4n) is 2.19. The number of thiophene rings is 1. The Labute approximate surface area is 154 Å². The van der Waals surface area contributed by atoms with Gasteiger partial charge in [0, 0.05) is 0 Å². The second-order valence-electron chi connectivity index (χ2n) is 5.26. The van der Waals surface area contributed by atoms with Gasteiger partial charge in [-0.15, -0.1) is 11.3 Å². The largest absolute Gasteiger partial charge is 0.417 e. The molecular formula is C16H11F3N4OS2. The number of nitriles is 1. The number of pyridine rings is 1. The predicted molar refractivity (Wildman–Crippen MR) is 90.6 cm³/mol. The Bertz CT molecular complexity index is 961. The van der Waals surface area contributed by atoms with E-state index in [1.54, 1.807) is 37.4 Å². The topological polar surface area (TPSA) is 75.6 Å². The maximum absolute atomic E-state index is 13.5. The molecule has 3 heterocycles. The van der Waals surface area contributed by atoms with Crippen LogP contribution in [-0.4, -0.2) is 15.1 Å². The molecule has 0 radical (unpaired) electrons. The zero-order valence-corrected chi connectivity index (χ0v) is 15.2. The van der Waals surface area contributed by atoms with Gasteiger partial charge in [0.1, 0.15) is 11.1 Å². The summed E-state index contributed by atoms with van der Waals surface area (Å²) in [6.45, 7) is 3.34. The van der Waals surface area contributed by atoms with Crippen molar-refractivity contribution in [3.8, 4) is 16.6 Å². The van der Waals surface area contributed by atoms with Crippen LogP contribution in [0.4, 0.5) is 13.2 Å². The lowest BCUT2D eigenvalue weighted by atomic mass is 10.1. The molecule has 134 valence electrons. The minimum absolute atomic E-state index is 0.0194. The van der Waals surface area contributed by atoms with E-state index in [4.69, 9.17) is 4.52 Å². The first-order chi connectivity index (χ1) is 12.3. The monoisotopic (exact) mass is 396 g/mol. The number of hydrogen-bond donors (Lipinski definition) is 0. The smallest absolute Gasteiger partial charge is 0.338 e. The van der Waals surface area contributed by atoms with Crippen LogP contribution in [0.2, 0.25) is 0 Å². The molecule has 1 atom stereocenters. The van der Waals surface area contributed by atoms with Crippen LogP contribution in [0.5, 0.6) is 0 Å². The summed E-state index contributed by atoms with van der Waals surface area (Å²) in [5, 5.41) is 14.3. The van der Waals surface area contributed by atoms with E-state index in [-0.39, 0.29) is 16.6 Å². The molecule has 0 fully saturated rings. The minimum Gasteiger partial charge on any atom is -0.338 e. The zero-order valence-electron chi connectivity index (χ0n) is 13.5. The molecule has 3 aromatic rings. The molecule has 5 nitrogen and oxygen atoms in total. The summed E-state index contributed by atoms with van der Waals surface area (Å²) in [6.07, 6.45) is -4.67. The first-order valence-electron chi connectivity index (χ1n) is 7.32. The molecule has 0 bridgehead atoms. The van der Waals surface area contributed by atoms with Gasteiger partial charge >= 0.3 is 6.18 Å². The second kappa shape index (κ2) is 7.09. The van der Waals surface area contributed by atoms with Crippen molar-refractivity contribution in [2.45, 2.75) is 30.3 Å². The summed E-state index contributed by atoms with van der Waals surface area (Å²) in [4.78, 5) is 8.96. The Kier molecular flexibility index (Phi) is 5.02. The van der Waals surface area contributed by atoms with E-state index in [0.717, 1.165) is 17.8 Å². The summed E-state index contributed by atoms with van der Waals surface area (Å²) in [7, 11) is 0. The minimum atomic E-state index is -4.67. The van der Waals surface area contributed by atoms with Crippen LogP contribution < -0.4 is 0 Å². The molecule has 26 heavy (non-hydrogen) atoms. The SMILES string of the molecule is Cc1noc(C(C)Sc2nc(-c3cccs3)cc(C(F)(F)F)c2C#N)n1. The molecule has 0 aliphatic carbocycles. The molecule has 0 aromatic carbocycles. The van der Waals surface area contributed by atoms with E-state index < -0.39 is 22.6 Å². The molecule has 0 saturated carbocycles. The summed E-state index contributed by atoms with van der Waals surface area (Å²) >= 11 is 2.25. The first-order valence-corrected chi connectivity index (χ1v) is 9.08. The van der Waals surface area contributed by atoms with Gasteiger partial charge in [-0.3, -0.25) is 0 Å². The van der Waals surface area contributed by atoms with Gasteiger partial charge in [0.2, 0.25) is 5.89 Å². The number of alkyl halides is 3. The molecular weight excluding hydrogens is 385 g/mol. The Hall–Kier alpha value is -2.38. The van der Waals surface area contributed by atoms with Gasteiger partial charge in [-0.25, -0.2) is 4.98 Å². The van der Waals surface area contributed by atoms with Gasteiger partial charge in [0.15, 0.2) is 5.82 Å². The molecule has 0 spiro atoms. The highest BCUT2D eigenvalue weighted by molar-refractivity contribution is 7.99. The Morgan fingerprint density at radius 3 is 2.65 bits per heavy atom. The van der Waals surface area contributed by atoms with E-state index in [2.05, 4.69) is 15.1 Å². The van der Waals surface area contributed by atoms with E-state index in [1.807, 2.05) is 0 Å². The highest BCUT2D eigenvalue weighted by Gasteiger charge is 2.36. The Morgan fingerprint density at radius 2 is 2.12 bits per heavy atom. The van der Waals surface area contributed by atoms with Crippen molar-refractivity contribution < 1.29 is 17.7 Å². The average molecular weight is 396 g/mol. The standard InChI is InChI=1S/C16H11F3N4OS2/c1-8(14-21-9(2)23-24-14)26-15-10(7-20)11(16(17,18)19)6-12(22-15)13-4-3-5-25-13/h3-6,8H,1-2H3. The van der Waals surface area contributed by atoms with Crippen molar-refractivity contribution in [1.82, 2.24) is 15.1 Å². The lowest BCUT2D eigenvalue weighted by molar-refractivity contribution is -0.138. The van der Waals surface area contributed by atoms with Gasteiger partial charge in [-0.1, -0.05) is 23.0 Å². The summed E-state index contributed by atoms with van der Waals surface area (Å²) in [5.41, 5.74) is -1.34. The third-order valence-electron chi connectivity index (χ3n) is 3.36. The molecule has 10 heteroatoms. The molecule has 0 N–H and O–H groups in total. The van der Waals surface area contributed by atoms with Gasteiger partial charge in [0.25, 0.3) is 0 Å². The highest BCUT2D eigenvalue weighted by atomic mass is 32.2. The number of halogens is 3. The molecule has 0 aliphatic rings. The second-order valence-corrected chi connectivity index (χ2v) is 7.54. The van der Waals surface area contributed by atoms with Crippen molar-refractivity contribution in [3.05, 3.63) is 46.4 Å². The number of rotatable bonds is 4. The summed E-state index contributed by atoms with van der Waals surface area (Å²) in [6, 6.07) is 5.96. The normalized spacial score (nSPS) is 12.8. The van der Waals surface area contributed by atoms with Crippen molar-refractivity contribution in [2.24, 2.45) is 0 Å². The highest BCUT2D eigenvalue weighted by Crippen LogP contribution is 2.42. The maximum atomic E-state index is 13.5. The van der Waals surface area contributed by atoms with Crippen molar-refractivity contribution in [3.63, 3.8) is 0 Å². The first kappa shape index (κ1) is 18.4. The lowest BCUT2D eigenvalue weighted by Gasteiger charge is -2.15. The Balaban J connectivity index is 2.10. The average Bonchev–Trinajstić information content (AvgIpc) is 3.24. The fourth-order valence-corrected chi connectivity index (χ4v) is 3.83. The molecule has 0 aliphatic heterocycles. The van der Waals surface area contributed by atoms with Crippen LogP contribution in [-0.2, 0) is 6.18 Å². The molecule has 0 saturated heterocycles. The fraction of sp³-hybridized carbons (Fsp3) is 0.250. The number of thioether (sulfide) groups is 1. The third-order valence-corrected chi connectivity index (χ3v) is 5.32. The van der Waals surface area contributed by atoms with E-state index >= 15 is 0 Å². The molecule has 3 rings (SSSR count). The van der Waals surface area contributed by atoms with Crippen LogP contribution in [0.15, 0.2) is 33.1 Å². The van der Waals surface area contributed by atoms with Gasteiger partial charge in [-0.05, 0) is 31.4 Å². The maximum Gasteiger partial charge on any atom is 0.417 e. The van der Waals surface area contributed by atoms with Crippen molar-refractivity contribution in [2.75, 3.05) is 0 Å². The van der Waals surface area contributed by atoms with Crippen molar-refractivity contribution in [1.29, 1.82) is 5.26 Å². The zero-order chi connectivity index (χ0) is 18.9. The van der Waals surface area contributed by atoms with Gasteiger partial charge in [-0.2, -0.15) is 23.4 Å². The molecule has 3 aromatic heterocycles. The lowest BCUT2D eigenvalue weighted by Crippen LogP contribution is -2.10. The van der Waals surface area contributed by atoms with Crippen LogP contribution in [0.1, 0.15) is 35.0 Å². The molecule has 1 unspecified atom stereocenters. The van der Waals surface area contributed by atoms with Crippen LogP contribution in [0.25, 0.3) is 10.6 Å². The summed E-state index contributed by atoms with van der Waals surface area (Å²) in [5.74, 6) is 0.678. The predicted octanol–water partition coefficient (Wildman–Crippen LogP) is 5.25. The van der Waals surface area contributed by atoms with E-state index in [1.165, 1.54) is 11.3 Å². The van der Waals surface area contributed by atoms with Gasteiger partial charge in [0.05, 0.1) is 26.9 Å². The number of hydrogen-bond acceptors (Lipinski definition) is 7. The number of nitrogens with zero attached hydrogens (tertiary/aromatic N) is 4. The van der Waals surface area contributed by atoms with Gasteiger partial charge < -0.3 is 4.52 Å². The third kappa shape index (κ3) is 3.73. The van der Waals surface area contributed by atoms with Crippen LogP contribution >= 0.6 is 23.1 Å². The Morgan fingerprint density at radius 1 is 1.35 bits per heavy atom. The quantitative estimate of drug-likeness (QED) is 0.561. The summed E-state index contributed by atoms with van der Waals surface area (Å²) < 4.78 is 45.5. The van der Waals surface area contributed by atoms with E-state index in [0.29, 0.717) is 10.7 Å². The van der Waals surface area contributed by atoms with E-state index in [9.17, 15) is 18.4 Å². The van der Waals surface area contributed by atoms with Crippen LogP contribution in [0.3, 0.4) is 0 Å².